The zero-order valence-corrected chi connectivity index (χ0v) is 15.2. The molecule has 3 heterocycles. The lowest BCUT2D eigenvalue weighted by atomic mass is 10.2. The topological polar surface area (TPSA) is 88.1 Å². The fraction of sp³-hybridized carbons (Fsp3) is 0.278. The molecule has 1 aliphatic rings. The SMILES string of the molecule is CS(=O)(=O)c1ccc2ncnc(Nc3ccc(N4CCCC4)nc3)c2c1. The Balaban J connectivity index is 1.66. The van der Waals surface area contributed by atoms with E-state index in [1.54, 1.807) is 24.4 Å². The molecule has 1 fully saturated rings. The average Bonchev–Trinajstić information content (AvgIpc) is 3.16. The zero-order chi connectivity index (χ0) is 18.1. The van der Waals surface area contributed by atoms with Crippen molar-refractivity contribution < 1.29 is 8.42 Å². The molecule has 1 aromatic carbocycles. The lowest BCUT2D eigenvalue weighted by molar-refractivity contribution is 0.602. The van der Waals surface area contributed by atoms with Gasteiger partial charge in [-0.1, -0.05) is 0 Å². The molecule has 1 saturated heterocycles. The van der Waals surface area contributed by atoms with Gasteiger partial charge in [-0.2, -0.15) is 0 Å². The summed E-state index contributed by atoms with van der Waals surface area (Å²) in [6.07, 6.45) is 6.82. The quantitative estimate of drug-likeness (QED) is 0.756. The molecule has 1 N–H and O–H groups in total. The highest BCUT2D eigenvalue weighted by Gasteiger charge is 2.14. The molecule has 0 bridgehead atoms. The number of nitrogens with zero attached hydrogens (tertiary/aromatic N) is 4. The van der Waals surface area contributed by atoms with Gasteiger partial charge >= 0.3 is 0 Å². The molecule has 1 aliphatic heterocycles. The van der Waals surface area contributed by atoms with Gasteiger partial charge in [-0.25, -0.2) is 23.4 Å². The Labute approximate surface area is 152 Å². The second-order valence-electron chi connectivity index (χ2n) is 6.40. The minimum Gasteiger partial charge on any atom is -0.357 e. The van der Waals surface area contributed by atoms with Crippen LogP contribution in [0, 0.1) is 0 Å². The maximum atomic E-state index is 11.8. The molecule has 26 heavy (non-hydrogen) atoms. The largest absolute Gasteiger partial charge is 0.357 e. The van der Waals surface area contributed by atoms with Crippen LogP contribution in [0.4, 0.5) is 17.3 Å². The van der Waals surface area contributed by atoms with Crippen LogP contribution >= 0.6 is 0 Å². The van der Waals surface area contributed by atoms with Gasteiger partial charge in [0.15, 0.2) is 9.84 Å². The van der Waals surface area contributed by atoms with Crippen LogP contribution in [-0.2, 0) is 9.84 Å². The number of hydrogen-bond donors (Lipinski definition) is 1. The van der Waals surface area contributed by atoms with Gasteiger partial charge in [0.25, 0.3) is 0 Å². The van der Waals surface area contributed by atoms with Gasteiger partial charge in [-0.3, -0.25) is 0 Å². The van der Waals surface area contributed by atoms with Crippen LogP contribution in [-0.4, -0.2) is 42.7 Å². The number of hydrogen-bond acceptors (Lipinski definition) is 7. The molecule has 0 atom stereocenters. The van der Waals surface area contributed by atoms with Gasteiger partial charge in [0.1, 0.15) is 18.0 Å². The van der Waals surface area contributed by atoms with Crippen LogP contribution < -0.4 is 10.2 Å². The van der Waals surface area contributed by atoms with Crippen LogP contribution in [0.15, 0.2) is 47.8 Å². The third-order valence-electron chi connectivity index (χ3n) is 4.48. The van der Waals surface area contributed by atoms with Crippen molar-refractivity contribution >= 4 is 38.1 Å². The molecule has 0 unspecified atom stereocenters. The van der Waals surface area contributed by atoms with E-state index in [0.29, 0.717) is 16.7 Å². The summed E-state index contributed by atoms with van der Waals surface area (Å²) >= 11 is 0. The van der Waals surface area contributed by atoms with Gasteiger partial charge in [-0.15, -0.1) is 0 Å². The Bertz CT molecular complexity index is 1040. The number of anilines is 3. The number of sulfone groups is 1. The fourth-order valence-electron chi connectivity index (χ4n) is 3.10. The van der Waals surface area contributed by atoms with E-state index in [9.17, 15) is 8.42 Å². The Hall–Kier alpha value is -2.74. The van der Waals surface area contributed by atoms with Gasteiger partial charge in [-0.05, 0) is 43.2 Å². The second-order valence-corrected chi connectivity index (χ2v) is 8.41. The molecule has 0 radical (unpaired) electrons. The van der Waals surface area contributed by atoms with E-state index in [1.165, 1.54) is 25.4 Å². The van der Waals surface area contributed by atoms with E-state index in [2.05, 4.69) is 25.2 Å². The summed E-state index contributed by atoms with van der Waals surface area (Å²) in [5.74, 6) is 1.52. The summed E-state index contributed by atoms with van der Waals surface area (Å²) in [4.78, 5) is 15.5. The van der Waals surface area contributed by atoms with Crippen molar-refractivity contribution in [2.75, 3.05) is 29.6 Å². The first kappa shape index (κ1) is 16.7. The molecule has 0 aliphatic carbocycles. The lowest BCUT2D eigenvalue weighted by Crippen LogP contribution is -2.18. The minimum atomic E-state index is -3.30. The van der Waals surface area contributed by atoms with E-state index in [1.807, 2.05) is 12.1 Å². The predicted octanol–water partition coefficient (Wildman–Crippen LogP) is 2.77. The highest BCUT2D eigenvalue weighted by atomic mass is 32.2. The molecule has 2 aromatic heterocycles. The van der Waals surface area contributed by atoms with Crippen molar-refractivity contribution in [2.24, 2.45) is 0 Å². The highest BCUT2D eigenvalue weighted by molar-refractivity contribution is 7.90. The highest BCUT2D eigenvalue weighted by Crippen LogP contribution is 2.26. The zero-order valence-electron chi connectivity index (χ0n) is 14.4. The number of fused-ring (bicyclic) bond motifs is 1. The molecular weight excluding hydrogens is 350 g/mol. The Morgan fingerprint density at radius 3 is 2.54 bits per heavy atom. The Morgan fingerprint density at radius 2 is 1.85 bits per heavy atom. The van der Waals surface area contributed by atoms with Crippen molar-refractivity contribution in [2.45, 2.75) is 17.7 Å². The molecule has 8 heteroatoms. The van der Waals surface area contributed by atoms with Gasteiger partial charge < -0.3 is 10.2 Å². The molecule has 0 amide bonds. The Kier molecular flexibility index (Phi) is 4.20. The van der Waals surface area contributed by atoms with Crippen molar-refractivity contribution in [1.82, 2.24) is 15.0 Å². The summed E-state index contributed by atoms with van der Waals surface area (Å²) < 4.78 is 23.7. The number of rotatable bonds is 4. The number of pyridine rings is 1. The van der Waals surface area contributed by atoms with Gasteiger partial charge in [0, 0.05) is 24.7 Å². The van der Waals surface area contributed by atoms with E-state index >= 15 is 0 Å². The monoisotopic (exact) mass is 369 g/mol. The van der Waals surface area contributed by atoms with Crippen molar-refractivity contribution in [3.05, 3.63) is 42.9 Å². The van der Waals surface area contributed by atoms with Crippen LogP contribution in [0.1, 0.15) is 12.8 Å². The molecule has 0 saturated carbocycles. The van der Waals surface area contributed by atoms with Crippen molar-refractivity contribution in [3.63, 3.8) is 0 Å². The van der Waals surface area contributed by atoms with E-state index in [-0.39, 0.29) is 4.90 Å². The summed E-state index contributed by atoms with van der Waals surface area (Å²) in [6, 6.07) is 8.78. The van der Waals surface area contributed by atoms with E-state index < -0.39 is 9.84 Å². The van der Waals surface area contributed by atoms with Crippen LogP contribution in [0.3, 0.4) is 0 Å². The third kappa shape index (κ3) is 3.32. The first-order chi connectivity index (χ1) is 12.5. The second kappa shape index (κ2) is 6.53. The molecular formula is C18H19N5O2S. The molecule has 0 spiro atoms. The molecule has 7 nitrogen and oxygen atoms in total. The summed E-state index contributed by atoms with van der Waals surface area (Å²) in [7, 11) is -3.30. The first-order valence-corrected chi connectivity index (χ1v) is 10.3. The lowest BCUT2D eigenvalue weighted by Gasteiger charge is -2.16. The third-order valence-corrected chi connectivity index (χ3v) is 5.59. The normalized spacial score (nSPS) is 14.7. The molecule has 4 rings (SSSR count). The van der Waals surface area contributed by atoms with Crippen LogP contribution in [0.5, 0.6) is 0 Å². The first-order valence-electron chi connectivity index (χ1n) is 8.43. The van der Waals surface area contributed by atoms with Crippen molar-refractivity contribution in [1.29, 1.82) is 0 Å². The number of benzene rings is 1. The van der Waals surface area contributed by atoms with E-state index in [0.717, 1.165) is 24.6 Å². The fourth-order valence-corrected chi connectivity index (χ4v) is 3.74. The molecule has 3 aromatic rings. The van der Waals surface area contributed by atoms with Crippen LogP contribution in [0.2, 0.25) is 0 Å². The standard InChI is InChI=1S/C18H19N5O2S/c1-26(24,25)14-5-6-16-15(10-14)18(21-12-20-16)22-13-4-7-17(19-11-13)23-8-2-3-9-23/h4-7,10-12H,2-3,8-9H2,1H3,(H,20,21,22). The average molecular weight is 369 g/mol. The van der Waals surface area contributed by atoms with Crippen LogP contribution in [0.25, 0.3) is 10.9 Å². The predicted molar refractivity (Wildman–Crippen MR) is 102 cm³/mol. The summed E-state index contributed by atoms with van der Waals surface area (Å²) in [6.45, 7) is 2.09. The summed E-state index contributed by atoms with van der Waals surface area (Å²) in [5, 5.41) is 3.87. The Morgan fingerprint density at radius 1 is 1.04 bits per heavy atom. The van der Waals surface area contributed by atoms with Crippen molar-refractivity contribution in [3.8, 4) is 0 Å². The molecule has 134 valence electrons. The number of aromatic nitrogens is 3. The van der Waals surface area contributed by atoms with E-state index in [4.69, 9.17) is 0 Å². The maximum Gasteiger partial charge on any atom is 0.175 e. The summed E-state index contributed by atoms with van der Waals surface area (Å²) in [5.41, 5.74) is 1.47. The smallest absolute Gasteiger partial charge is 0.175 e. The van der Waals surface area contributed by atoms with Gasteiger partial charge in [0.05, 0.1) is 22.3 Å². The maximum absolute atomic E-state index is 11.8. The number of nitrogens with one attached hydrogen (secondary N) is 1. The van der Waals surface area contributed by atoms with Gasteiger partial charge in [0.2, 0.25) is 0 Å². The minimum absolute atomic E-state index is 0.241.